The molecule has 0 aromatic heterocycles. The van der Waals surface area contributed by atoms with Crippen LogP contribution in [0.5, 0.6) is 0 Å². The number of sulfone groups is 1. The molecule has 17 heavy (non-hydrogen) atoms. The molecule has 2 aliphatic rings. The molecule has 0 bridgehead atoms. The normalized spacial score (nSPS) is 40.1. The summed E-state index contributed by atoms with van der Waals surface area (Å²) in [4.78, 5) is 0. The summed E-state index contributed by atoms with van der Waals surface area (Å²) < 4.78 is 51.1. The number of hydrogen-bond acceptors (Lipinski definition) is 2. The minimum atomic E-state index is -3.33. The molecule has 100 valence electrons. The van der Waals surface area contributed by atoms with Crippen LogP contribution >= 0.6 is 0 Å². The molecule has 2 nitrogen and oxygen atoms in total. The van der Waals surface area contributed by atoms with E-state index in [-0.39, 0.29) is 12.8 Å². The maximum atomic E-state index is 13.3. The van der Waals surface area contributed by atoms with Gasteiger partial charge in [0.05, 0.1) is 10.5 Å². The lowest BCUT2D eigenvalue weighted by Gasteiger charge is -2.31. The van der Waals surface area contributed by atoms with E-state index < -0.39 is 32.7 Å². The Morgan fingerprint density at radius 3 is 1.53 bits per heavy atom. The number of rotatable bonds is 2. The molecule has 0 heterocycles. The molecule has 2 fully saturated rings. The van der Waals surface area contributed by atoms with Gasteiger partial charge >= 0.3 is 0 Å². The highest BCUT2D eigenvalue weighted by molar-refractivity contribution is 7.92. The Balaban J connectivity index is 2.06. The van der Waals surface area contributed by atoms with Crippen LogP contribution in [0.4, 0.5) is 8.78 Å². The number of alkyl halides is 2. The number of hydrogen-bond donors (Lipinski definition) is 0. The zero-order valence-electron chi connectivity index (χ0n) is 9.95. The van der Waals surface area contributed by atoms with Crippen LogP contribution in [0, 0.1) is 0 Å². The van der Waals surface area contributed by atoms with E-state index in [1.807, 2.05) is 0 Å². The SMILES string of the molecule is O=S(=O)(C1CCCC(F)C1)C1CCCC(F)C1. The van der Waals surface area contributed by atoms with Crippen LogP contribution in [-0.4, -0.2) is 31.3 Å². The molecule has 0 amide bonds. The van der Waals surface area contributed by atoms with E-state index in [4.69, 9.17) is 0 Å². The first-order valence-corrected chi connectivity index (χ1v) is 8.12. The first kappa shape index (κ1) is 13.2. The quantitative estimate of drug-likeness (QED) is 0.770. The van der Waals surface area contributed by atoms with E-state index in [1.165, 1.54) is 0 Å². The summed E-state index contributed by atoms with van der Waals surface area (Å²) in [5.41, 5.74) is 0. The number of halogens is 2. The summed E-state index contributed by atoms with van der Waals surface area (Å²) in [6, 6.07) is 0. The van der Waals surface area contributed by atoms with Gasteiger partial charge in [0.25, 0.3) is 0 Å². The van der Waals surface area contributed by atoms with Crippen molar-refractivity contribution in [2.75, 3.05) is 0 Å². The second kappa shape index (κ2) is 5.21. The molecule has 0 aliphatic heterocycles. The van der Waals surface area contributed by atoms with Gasteiger partial charge in [0, 0.05) is 0 Å². The second-order valence-electron chi connectivity index (χ2n) is 5.36. The average molecular weight is 266 g/mol. The van der Waals surface area contributed by atoms with Crippen molar-refractivity contribution in [2.45, 2.75) is 74.2 Å². The first-order valence-electron chi connectivity index (χ1n) is 6.51. The standard InChI is InChI=1S/C12H20F2O2S/c13-9-3-1-5-11(7-9)17(15,16)12-6-2-4-10(14)8-12/h9-12H,1-8H2. The lowest BCUT2D eigenvalue weighted by molar-refractivity contribution is 0.241. The highest BCUT2D eigenvalue weighted by Gasteiger charge is 2.39. The summed E-state index contributed by atoms with van der Waals surface area (Å²) in [7, 11) is -3.33. The summed E-state index contributed by atoms with van der Waals surface area (Å²) in [6.45, 7) is 0. The van der Waals surface area contributed by atoms with Gasteiger partial charge < -0.3 is 0 Å². The van der Waals surface area contributed by atoms with E-state index in [9.17, 15) is 17.2 Å². The highest BCUT2D eigenvalue weighted by Crippen LogP contribution is 2.34. The first-order chi connectivity index (χ1) is 8.00. The fourth-order valence-corrected chi connectivity index (χ4v) is 5.53. The van der Waals surface area contributed by atoms with Gasteiger partial charge in [-0.25, -0.2) is 17.2 Å². The van der Waals surface area contributed by atoms with Crippen molar-refractivity contribution in [1.82, 2.24) is 0 Å². The molecule has 0 radical (unpaired) electrons. The minimum absolute atomic E-state index is 0.121. The Bertz CT molecular complexity index is 328. The Morgan fingerprint density at radius 2 is 1.18 bits per heavy atom. The minimum Gasteiger partial charge on any atom is -0.247 e. The van der Waals surface area contributed by atoms with Crippen LogP contribution in [0.15, 0.2) is 0 Å². The van der Waals surface area contributed by atoms with Crippen LogP contribution in [0.3, 0.4) is 0 Å². The molecular weight excluding hydrogens is 246 g/mol. The van der Waals surface area contributed by atoms with Crippen molar-refractivity contribution in [3.63, 3.8) is 0 Å². The summed E-state index contributed by atoms with van der Waals surface area (Å²) in [5, 5.41) is -1.14. The van der Waals surface area contributed by atoms with E-state index in [1.54, 1.807) is 0 Å². The van der Waals surface area contributed by atoms with Crippen molar-refractivity contribution >= 4 is 9.84 Å². The third-order valence-corrected chi connectivity index (χ3v) is 6.77. The average Bonchev–Trinajstić information content (AvgIpc) is 2.29. The van der Waals surface area contributed by atoms with Gasteiger partial charge in [0.1, 0.15) is 12.3 Å². The molecule has 0 N–H and O–H groups in total. The third kappa shape index (κ3) is 2.98. The fourth-order valence-electron chi connectivity index (χ4n) is 3.04. The van der Waals surface area contributed by atoms with Crippen molar-refractivity contribution in [3.8, 4) is 0 Å². The summed E-state index contributed by atoms with van der Waals surface area (Å²) in [5.74, 6) is 0. The predicted molar refractivity (Wildman–Crippen MR) is 63.2 cm³/mol. The molecule has 2 aliphatic carbocycles. The molecule has 0 saturated heterocycles. The van der Waals surface area contributed by atoms with Gasteiger partial charge in [-0.1, -0.05) is 0 Å². The zero-order valence-corrected chi connectivity index (χ0v) is 10.8. The Kier molecular flexibility index (Phi) is 4.06. The predicted octanol–water partition coefficient (Wildman–Crippen LogP) is 2.96. The Hall–Kier alpha value is -0.190. The van der Waals surface area contributed by atoms with Gasteiger partial charge in [0.2, 0.25) is 0 Å². The maximum Gasteiger partial charge on any atom is 0.156 e. The van der Waals surface area contributed by atoms with Crippen molar-refractivity contribution in [2.24, 2.45) is 0 Å². The van der Waals surface area contributed by atoms with E-state index in [2.05, 4.69) is 0 Å². The molecule has 0 spiro atoms. The topological polar surface area (TPSA) is 34.1 Å². The summed E-state index contributed by atoms with van der Waals surface area (Å²) >= 11 is 0. The second-order valence-corrected chi connectivity index (χ2v) is 7.87. The maximum absolute atomic E-state index is 13.3. The van der Waals surface area contributed by atoms with E-state index >= 15 is 0 Å². The molecule has 5 heteroatoms. The van der Waals surface area contributed by atoms with Gasteiger partial charge in [0.15, 0.2) is 9.84 Å². The van der Waals surface area contributed by atoms with Crippen LogP contribution in [0.1, 0.15) is 51.4 Å². The van der Waals surface area contributed by atoms with Crippen LogP contribution < -0.4 is 0 Å². The van der Waals surface area contributed by atoms with Gasteiger partial charge in [-0.05, 0) is 51.4 Å². The van der Waals surface area contributed by atoms with E-state index in [0.29, 0.717) is 38.5 Å². The highest BCUT2D eigenvalue weighted by atomic mass is 32.2. The lowest BCUT2D eigenvalue weighted by atomic mass is 9.98. The van der Waals surface area contributed by atoms with Gasteiger partial charge in [-0.15, -0.1) is 0 Å². The molecular formula is C12H20F2O2S. The van der Waals surface area contributed by atoms with Crippen LogP contribution in [-0.2, 0) is 9.84 Å². The van der Waals surface area contributed by atoms with Crippen LogP contribution in [0.2, 0.25) is 0 Å². The van der Waals surface area contributed by atoms with Gasteiger partial charge in [-0.2, -0.15) is 0 Å². The van der Waals surface area contributed by atoms with Crippen molar-refractivity contribution in [3.05, 3.63) is 0 Å². The van der Waals surface area contributed by atoms with Crippen molar-refractivity contribution in [1.29, 1.82) is 0 Å². The molecule has 0 aromatic rings. The molecule has 4 unspecified atom stereocenters. The molecule has 0 aromatic carbocycles. The van der Waals surface area contributed by atoms with Crippen LogP contribution in [0.25, 0.3) is 0 Å². The molecule has 4 atom stereocenters. The van der Waals surface area contributed by atoms with Crippen molar-refractivity contribution < 1.29 is 17.2 Å². The fraction of sp³-hybridized carbons (Fsp3) is 1.00. The molecule has 2 saturated carbocycles. The summed E-state index contributed by atoms with van der Waals surface area (Å²) in [6.07, 6.45) is 1.58. The largest absolute Gasteiger partial charge is 0.247 e. The van der Waals surface area contributed by atoms with E-state index in [0.717, 1.165) is 0 Å². The third-order valence-electron chi connectivity index (χ3n) is 4.05. The monoisotopic (exact) mass is 266 g/mol. The Labute approximate surface area is 102 Å². The zero-order chi connectivity index (χ0) is 12.5. The Morgan fingerprint density at radius 1 is 0.765 bits per heavy atom. The smallest absolute Gasteiger partial charge is 0.156 e. The molecule has 2 rings (SSSR count). The lowest BCUT2D eigenvalue weighted by Crippen LogP contribution is -2.39. The van der Waals surface area contributed by atoms with Gasteiger partial charge in [-0.3, -0.25) is 0 Å².